The number of hydrogen-bond acceptors (Lipinski definition) is 4. The number of benzene rings is 1. The van der Waals surface area contributed by atoms with Crippen LogP contribution in [0.3, 0.4) is 0 Å². The lowest BCUT2D eigenvalue weighted by Gasteiger charge is -2.12. The summed E-state index contributed by atoms with van der Waals surface area (Å²) >= 11 is 7.17. The maximum atomic E-state index is 13.2. The molecule has 0 spiro atoms. The van der Waals surface area contributed by atoms with Gasteiger partial charge in [-0.1, -0.05) is 23.7 Å². The van der Waals surface area contributed by atoms with Crippen molar-refractivity contribution in [3.05, 3.63) is 61.5 Å². The second-order valence-corrected chi connectivity index (χ2v) is 8.14. The van der Waals surface area contributed by atoms with Crippen LogP contribution in [-0.4, -0.2) is 14.7 Å². The van der Waals surface area contributed by atoms with Gasteiger partial charge in [0.25, 0.3) is 11.7 Å². The van der Waals surface area contributed by atoms with E-state index in [4.69, 9.17) is 11.6 Å². The molecule has 0 saturated carbocycles. The molecule has 0 fully saturated rings. The average Bonchev–Trinajstić information content (AvgIpc) is 3.26. The van der Waals surface area contributed by atoms with Crippen molar-refractivity contribution in [3.63, 3.8) is 0 Å². The Bertz CT molecular complexity index is 1140. The van der Waals surface area contributed by atoms with E-state index in [1.54, 1.807) is 13.2 Å². The van der Waals surface area contributed by atoms with E-state index < -0.39 is 17.3 Å². The molecule has 3 aromatic rings. The first kappa shape index (κ1) is 18.9. The van der Waals surface area contributed by atoms with Gasteiger partial charge in [0.2, 0.25) is 0 Å². The number of hydrogen-bond donors (Lipinski definition) is 1. The van der Waals surface area contributed by atoms with Crippen molar-refractivity contribution < 1.29 is 22.8 Å². The number of fused-ring (bicyclic) bond motifs is 1. The number of nitrogens with zero attached hydrogens (tertiary/aromatic N) is 3. The predicted octanol–water partition coefficient (Wildman–Crippen LogP) is 3.71. The minimum Gasteiger partial charge on any atom is -0.477 e. The third kappa shape index (κ3) is 2.98. The highest BCUT2D eigenvalue weighted by molar-refractivity contribution is 7.15. The Labute approximate surface area is 166 Å². The number of thiazole rings is 1. The first-order valence-corrected chi connectivity index (χ1v) is 9.53. The third-order valence-electron chi connectivity index (χ3n) is 4.89. The number of rotatable bonds is 2. The average molecular weight is 429 g/mol. The monoisotopic (exact) mass is 428 g/mol. The van der Waals surface area contributed by atoms with E-state index in [2.05, 4.69) is 4.98 Å². The first-order chi connectivity index (χ1) is 13.2. The molecule has 2 aromatic heterocycles. The molecule has 1 aliphatic heterocycles. The topological polar surface area (TPSA) is 59.0 Å². The zero-order valence-corrected chi connectivity index (χ0v) is 16.1. The summed E-state index contributed by atoms with van der Waals surface area (Å²) in [6.45, 7) is 0. The summed E-state index contributed by atoms with van der Waals surface area (Å²) in [6, 6.07) is 4.07. The second kappa shape index (κ2) is 6.59. The second-order valence-electron chi connectivity index (χ2n) is 6.50. The normalized spacial score (nSPS) is 16.4. The van der Waals surface area contributed by atoms with Crippen molar-refractivity contribution in [2.24, 2.45) is 7.05 Å². The van der Waals surface area contributed by atoms with Crippen molar-refractivity contribution in [1.82, 2.24) is 9.55 Å². The van der Waals surface area contributed by atoms with Gasteiger partial charge in [0.05, 0.1) is 23.9 Å². The molecule has 5 nitrogen and oxygen atoms in total. The third-order valence-corrected chi connectivity index (χ3v) is 6.11. The number of alkyl halides is 3. The van der Waals surface area contributed by atoms with Gasteiger partial charge >= 0.3 is 11.7 Å². The van der Waals surface area contributed by atoms with Crippen LogP contribution in [0.25, 0.3) is 11.1 Å². The van der Waals surface area contributed by atoms with Gasteiger partial charge in [-0.05, 0) is 17.7 Å². The first-order valence-electron chi connectivity index (χ1n) is 8.33. The molecule has 0 radical (unpaired) electrons. The highest BCUT2D eigenvalue weighted by Crippen LogP contribution is 2.37. The molecule has 3 heterocycles. The summed E-state index contributed by atoms with van der Waals surface area (Å²) in [7, 11) is 1.58. The standard InChI is InChI=1S/C18H13ClF3N3O2S/c1-24-13-6-5-11(12-8-23-17(19)28-12)25(13)16(27)14(15(24)26)9-3-2-4-10(7-9)18(20,21)22/h2-4,7-8,11H,5-6H2,1H3/p+1. The van der Waals surface area contributed by atoms with E-state index in [0.29, 0.717) is 23.1 Å². The molecular formula is C18H14ClF3N3O2S+. The number of aromatic nitrogens is 3. The smallest absolute Gasteiger partial charge is 0.416 e. The van der Waals surface area contributed by atoms with E-state index >= 15 is 0 Å². The fourth-order valence-corrected chi connectivity index (χ4v) is 4.66. The Balaban J connectivity index is 1.94. The number of halogens is 4. The molecule has 10 heteroatoms. The summed E-state index contributed by atoms with van der Waals surface area (Å²) in [4.78, 5) is 18.0. The van der Waals surface area contributed by atoms with Crippen LogP contribution in [0.15, 0.2) is 35.3 Å². The van der Waals surface area contributed by atoms with Gasteiger partial charge in [-0.15, -0.1) is 11.3 Å². The summed E-state index contributed by atoms with van der Waals surface area (Å²) in [5.41, 5.74) is -1.59. The molecular weight excluding hydrogens is 415 g/mol. The molecule has 0 saturated heterocycles. The molecule has 1 aromatic carbocycles. The van der Waals surface area contributed by atoms with Gasteiger partial charge in [-0.2, -0.15) is 17.7 Å². The van der Waals surface area contributed by atoms with E-state index in [1.807, 2.05) is 0 Å². The van der Waals surface area contributed by atoms with E-state index in [9.17, 15) is 23.1 Å². The Morgan fingerprint density at radius 3 is 2.79 bits per heavy atom. The highest BCUT2D eigenvalue weighted by atomic mass is 35.5. The van der Waals surface area contributed by atoms with E-state index in [-0.39, 0.29) is 23.0 Å². The zero-order chi connectivity index (χ0) is 20.2. The van der Waals surface area contributed by atoms with Crippen LogP contribution in [-0.2, 0) is 19.6 Å². The summed E-state index contributed by atoms with van der Waals surface area (Å²) in [5.74, 6) is 0.228. The minimum absolute atomic E-state index is 0.0104. The molecule has 0 aliphatic carbocycles. The van der Waals surface area contributed by atoms with Gasteiger partial charge in [0.15, 0.2) is 10.0 Å². The molecule has 28 heavy (non-hydrogen) atoms. The number of aromatic hydroxyl groups is 1. The summed E-state index contributed by atoms with van der Waals surface area (Å²) < 4.78 is 42.6. The molecule has 0 bridgehead atoms. The lowest BCUT2D eigenvalue weighted by molar-refractivity contribution is -0.688. The lowest BCUT2D eigenvalue weighted by atomic mass is 10.0. The van der Waals surface area contributed by atoms with Gasteiger partial charge in [-0.3, -0.25) is 0 Å². The fraction of sp³-hybridized carbons (Fsp3) is 0.278. The maximum Gasteiger partial charge on any atom is 0.416 e. The van der Waals surface area contributed by atoms with Gasteiger partial charge < -0.3 is 5.11 Å². The van der Waals surface area contributed by atoms with Crippen LogP contribution >= 0.6 is 22.9 Å². The van der Waals surface area contributed by atoms with E-state index in [1.165, 1.54) is 32.6 Å². The van der Waals surface area contributed by atoms with Crippen molar-refractivity contribution in [1.29, 1.82) is 0 Å². The molecule has 1 atom stereocenters. The van der Waals surface area contributed by atoms with Gasteiger partial charge in [0, 0.05) is 12.6 Å². The summed E-state index contributed by atoms with van der Waals surface area (Å²) in [5, 5.41) is 10.6. The largest absolute Gasteiger partial charge is 0.477 e. The Morgan fingerprint density at radius 1 is 1.39 bits per heavy atom. The Kier molecular flexibility index (Phi) is 4.46. The van der Waals surface area contributed by atoms with Crippen LogP contribution < -0.4 is 10.1 Å². The van der Waals surface area contributed by atoms with Crippen LogP contribution in [0.1, 0.15) is 28.7 Å². The molecule has 1 aliphatic rings. The zero-order valence-electron chi connectivity index (χ0n) is 14.5. The van der Waals surface area contributed by atoms with Crippen LogP contribution in [0.2, 0.25) is 4.47 Å². The maximum absolute atomic E-state index is 13.2. The van der Waals surface area contributed by atoms with Crippen molar-refractivity contribution in [2.75, 3.05) is 0 Å². The molecule has 0 amide bonds. The van der Waals surface area contributed by atoms with Gasteiger partial charge in [0.1, 0.15) is 6.04 Å². The quantitative estimate of drug-likeness (QED) is 0.633. The van der Waals surface area contributed by atoms with Crippen LogP contribution in [0, 0.1) is 0 Å². The van der Waals surface area contributed by atoms with Crippen LogP contribution in [0.5, 0.6) is 5.88 Å². The van der Waals surface area contributed by atoms with E-state index in [0.717, 1.165) is 17.0 Å². The fourth-order valence-electron chi connectivity index (χ4n) is 3.58. The Hall–Kier alpha value is -2.39. The highest BCUT2D eigenvalue weighted by Gasteiger charge is 2.39. The van der Waals surface area contributed by atoms with Crippen molar-refractivity contribution in [3.8, 4) is 17.0 Å². The van der Waals surface area contributed by atoms with Crippen LogP contribution in [0.4, 0.5) is 13.2 Å². The lowest BCUT2D eigenvalue weighted by Crippen LogP contribution is -2.42. The molecule has 146 valence electrons. The molecule has 1 N–H and O–H groups in total. The van der Waals surface area contributed by atoms with Gasteiger partial charge in [-0.25, -0.2) is 14.3 Å². The van der Waals surface area contributed by atoms with Crippen molar-refractivity contribution >= 4 is 22.9 Å². The SMILES string of the molecule is C[n+]1c(O)c(-c2cccc(C(F)(F)F)c2)c(=O)n2c1CCC2c1cnc(Cl)s1. The molecule has 4 rings (SSSR count). The molecule has 1 unspecified atom stereocenters. The Morgan fingerprint density at radius 2 is 2.14 bits per heavy atom. The predicted molar refractivity (Wildman–Crippen MR) is 97.6 cm³/mol. The van der Waals surface area contributed by atoms with Crippen molar-refractivity contribution in [2.45, 2.75) is 25.1 Å². The summed E-state index contributed by atoms with van der Waals surface area (Å²) in [6.07, 6.45) is -1.83. The minimum atomic E-state index is -4.55.